The molecule has 0 radical (unpaired) electrons. The van der Waals surface area contributed by atoms with E-state index in [1.54, 1.807) is 24.4 Å². The van der Waals surface area contributed by atoms with Crippen molar-refractivity contribution in [2.75, 3.05) is 17.2 Å². The van der Waals surface area contributed by atoms with Crippen LogP contribution in [-0.4, -0.2) is 33.4 Å². The number of anilines is 2. The Balaban J connectivity index is 1.39. The van der Waals surface area contributed by atoms with Gasteiger partial charge in [-0.25, -0.2) is 9.97 Å². The molecule has 126 valence electrons. The largest absolute Gasteiger partial charge is 0.482 e. The fraction of sp³-hybridized carbons (Fsp3) is 0.176. The zero-order valence-corrected chi connectivity index (χ0v) is 13.2. The van der Waals surface area contributed by atoms with Gasteiger partial charge < -0.3 is 20.4 Å². The number of rotatable bonds is 4. The second kappa shape index (κ2) is 6.23. The molecular weight excluding hydrogens is 322 g/mol. The molecule has 3 aromatic rings. The molecular formula is C17H15N5O3. The van der Waals surface area contributed by atoms with E-state index in [9.17, 15) is 9.59 Å². The lowest BCUT2D eigenvalue weighted by Gasteiger charge is -2.18. The number of carbonyl (C=O) groups excluding carboxylic acids is 2. The van der Waals surface area contributed by atoms with Crippen LogP contribution >= 0.6 is 0 Å². The fourth-order valence-corrected chi connectivity index (χ4v) is 2.63. The van der Waals surface area contributed by atoms with Gasteiger partial charge in [0, 0.05) is 24.7 Å². The summed E-state index contributed by atoms with van der Waals surface area (Å²) in [5.74, 6) is 0.952. The molecule has 3 N–H and O–H groups in total. The zero-order chi connectivity index (χ0) is 17.2. The van der Waals surface area contributed by atoms with Crippen molar-refractivity contribution in [1.82, 2.24) is 15.0 Å². The van der Waals surface area contributed by atoms with Gasteiger partial charge in [0.05, 0.1) is 11.2 Å². The predicted molar refractivity (Wildman–Crippen MR) is 91.4 cm³/mol. The molecule has 0 saturated carbocycles. The standard InChI is InChI=1S/C17H15N5O3/c23-15(6-5-14-20-11-2-1-7-18-17(11)22-14)19-10-3-4-13-12(8-10)21-16(24)9-25-13/h1-4,7-8H,5-6,9H2,(H,19,23)(H,21,24)(H,18,20,22). The topological polar surface area (TPSA) is 109 Å². The van der Waals surface area contributed by atoms with Gasteiger partial charge >= 0.3 is 0 Å². The molecule has 8 heteroatoms. The molecule has 0 spiro atoms. The Hall–Kier alpha value is -3.42. The molecule has 0 saturated heterocycles. The monoisotopic (exact) mass is 337 g/mol. The van der Waals surface area contributed by atoms with E-state index in [0.29, 0.717) is 29.2 Å². The van der Waals surface area contributed by atoms with Crippen LogP contribution < -0.4 is 15.4 Å². The molecule has 1 aliphatic heterocycles. The number of pyridine rings is 1. The van der Waals surface area contributed by atoms with Crippen LogP contribution in [0.25, 0.3) is 11.2 Å². The minimum atomic E-state index is -0.213. The van der Waals surface area contributed by atoms with E-state index >= 15 is 0 Å². The minimum absolute atomic E-state index is 0.00502. The van der Waals surface area contributed by atoms with Gasteiger partial charge in [-0.3, -0.25) is 9.59 Å². The maximum atomic E-state index is 12.1. The number of nitrogens with zero attached hydrogens (tertiary/aromatic N) is 2. The number of hydrogen-bond acceptors (Lipinski definition) is 5. The molecule has 25 heavy (non-hydrogen) atoms. The lowest BCUT2D eigenvalue weighted by atomic mass is 10.2. The minimum Gasteiger partial charge on any atom is -0.482 e. The second-order valence-corrected chi connectivity index (χ2v) is 5.65. The van der Waals surface area contributed by atoms with Crippen molar-refractivity contribution in [2.24, 2.45) is 0 Å². The zero-order valence-electron chi connectivity index (χ0n) is 13.2. The average Bonchev–Trinajstić information content (AvgIpc) is 3.02. The van der Waals surface area contributed by atoms with E-state index in [1.807, 2.05) is 12.1 Å². The van der Waals surface area contributed by atoms with Gasteiger partial charge in [0.2, 0.25) is 5.91 Å². The number of ether oxygens (including phenoxy) is 1. The number of amides is 2. The summed E-state index contributed by atoms with van der Waals surface area (Å²) in [6.45, 7) is 0.00502. The lowest BCUT2D eigenvalue weighted by Crippen LogP contribution is -2.25. The molecule has 0 atom stereocenters. The quantitative estimate of drug-likeness (QED) is 0.673. The number of fused-ring (bicyclic) bond motifs is 2. The van der Waals surface area contributed by atoms with E-state index in [4.69, 9.17) is 4.74 Å². The number of benzene rings is 1. The Morgan fingerprint density at radius 3 is 3.12 bits per heavy atom. The number of carbonyl (C=O) groups is 2. The highest BCUT2D eigenvalue weighted by molar-refractivity contribution is 5.97. The van der Waals surface area contributed by atoms with Crippen LogP contribution in [0.1, 0.15) is 12.2 Å². The van der Waals surface area contributed by atoms with Crippen molar-refractivity contribution < 1.29 is 14.3 Å². The maximum absolute atomic E-state index is 12.1. The van der Waals surface area contributed by atoms with Gasteiger partial charge in [0.1, 0.15) is 11.6 Å². The van der Waals surface area contributed by atoms with E-state index < -0.39 is 0 Å². The van der Waals surface area contributed by atoms with Crippen LogP contribution in [0.2, 0.25) is 0 Å². The van der Waals surface area contributed by atoms with Crippen molar-refractivity contribution in [1.29, 1.82) is 0 Å². The van der Waals surface area contributed by atoms with Crippen LogP contribution in [0.15, 0.2) is 36.5 Å². The summed E-state index contributed by atoms with van der Waals surface area (Å²) < 4.78 is 5.29. The fourth-order valence-electron chi connectivity index (χ4n) is 2.63. The van der Waals surface area contributed by atoms with Gasteiger partial charge in [-0.2, -0.15) is 0 Å². The second-order valence-electron chi connectivity index (χ2n) is 5.65. The summed E-state index contributed by atoms with van der Waals surface area (Å²) in [7, 11) is 0. The van der Waals surface area contributed by atoms with Crippen LogP contribution in [-0.2, 0) is 16.0 Å². The number of aromatic amines is 1. The highest BCUT2D eigenvalue weighted by atomic mass is 16.5. The number of nitrogens with one attached hydrogen (secondary N) is 3. The third-order valence-electron chi connectivity index (χ3n) is 3.79. The first-order valence-electron chi connectivity index (χ1n) is 7.83. The highest BCUT2D eigenvalue weighted by Crippen LogP contribution is 2.30. The molecule has 1 aliphatic rings. The highest BCUT2D eigenvalue weighted by Gasteiger charge is 2.16. The number of H-pyrrole nitrogens is 1. The molecule has 0 aliphatic carbocycles. The Labute approximate surface area is 142 Å². The molecule has 8 nitrogen and oxygen atoms in total. The maximum Gasteiger partial charge on any atom is 0.262 e. The molecule has 0 bridgehead atoms. The smallest absolute Gasteiger partial charge is 0.262 e. The van der Waals surface area contributed by atoms with Crippen molar-refractivity contribution in [3.8, 4) is 5.75 Å². The van der Waals surface area contributed by atoms with Crippen molar-refractivity contribution in [3.05, 3.63) is 42.4 Å². The predicted octanol–water partition coefficient (Wildman–Crippen LogP) is 1.86. The van der Waals surface area contributed by atoms with Crippen LogP contribution in [0.3, 0.4) is 0 Å². The summed E-state index contributed by atoms with van der Waals surface area (Å²) in [6.07, 6.45) is 2.44. The molecule has 3 heterocycles. The number of imidazole rings is 1. The summed E-state index contributed by atoms with van der Waals surface area (Å²) in [5.41, 5.74) is 2.64. The van der Waals surface area contributed by atoms with Crippen molar-refractivity contribution >= 4 is 34.4 Å². The van der Waals surface area contributed by atoms with Gasteiger partial charge in [-0.05, 0) is 30.3 Å². The first-order chi connectivity index (χ1) is 12.2. The molecule has 2 amide bonds. The van der Waals surface area contributed by atoms with E-state index in [0.717, 1.165) is 11.3 Å². The molecule has 2 aromatic heterocycles. The average molecular weight is 337 g/mol. The Morgan fingerprint density at radius 1 is 1.32 bits per heavy atom. The van der Waals surface area contributed by atoms with Crippen molar-refractivity contribution in [2.45, 2.75) is 12.8 Å². The molecule has 4 rings (SSSR count). The SMILES string of the molecule is O=C(CCc1nc2ncccc2[nH]1)Nc1ccc2c(c1)NC(=O)CO2. The first kappa shape index (κ1) is 15.1. The Bertz CT molecular complexity index is 933. The summed E-state index contributed by atoms with van der Waals surface area (Å²) in [4.78, 5) is 35.1. The van der Waals surface area contributed by atoms with E-state index in [1.165, 1.54) is 0 Å². The van der Waals surface area contributed by atoms with Gasteiger partial charge in [-0.15, -0.1) is 0 Å². The Kier molecular flexibility index (Phi) is 3.77. The third-order valence-corrected chi connectivity index (χ3v) is 3.79. The number of hydrogen-bond donors (Lipinski definition) is 3. The van der Waals surface area contributed by atoms with Gasteiger partial charge in [-0.1, -0.05) is 0 Å². The summed E-state index contributed by atoms with van der Waals surface area (Å²) in [5, 5.41) is 5.52. The number of aryl methyl sites for hydroxylation is 1. The third kappa shape index (κ3) is 3.27. The van der Waals surface area contributed by atoms with Gasteiger partial charge in [0.15, 0.2) is 12.3 Å². The molecule has 0 fully saturated rings. The van der Waals surface area contributed by atoms with E-state index in [2.05, 4.69) is 25.6 Å². The normalized spacial score (nSPS) is 13.0. The van der Waals surface area contributed by atoms with Crippen molar-refractivity contribution in [3.63, 3.8) is 0 Å². The Morgan fingerprint density at radius 2 is 2.24 bits per heavy atom. The first-order valence-corrected chi connectivity index (χ1v) is 7.83. The van der Waals surface area contributed by atoms with E-state index in [-0.39, 0.29) is 24.8 Å². The summed E-state index contributed by atoms with van der Waals surface area (Å²) >= 11 is 0. The lowest BCUT2D eigenvalue weighted by molar-refractivity contribution is -0.118. The molecule has 0 unspecified atom stereocenters. The van der Waals surface area contributed by atoms with Crippen LogP contribution in [0.5, 0.6) is 5.75 Å². The van der Waals surface area contributed by atoms with Crippen LogP contribution in [0, 0.1) is 0 Å². The number of aromatic nitrogens is 3. The van der Waals surface area contributed by atoms with Crippen LogP contribution in [0.4, 0.5) is 11.4 Å². The van der Waals surface area contributed by atoms with Gasteiger partial charge in [0.25, 0.3) is 5.91 Å². The summed E-state index contributed by atoms with van der Waals surface area (Å²) in [6, 6.07) is 8.85. The molecule has 1 aromatic carbocycles.